The van der Waals surface area contributed by atoms with Crippen molar-refractivity contribution in [3.8, 4) is 0 Å². The number of aryl methyl sites for hydroxylation is 1. The highest BCUT2D eigenvalue weighted by molar-refractivity contribution is 5.08. The van der Waals surface area contributed by atoms with Gasteiger partial charge in [0, 0.05) is 31.4 Å². The molecule has 0 saturated carbocycles. The summed E-state index contributed by atoms with van der Waals surface area (Å²) in [5.41, 5.74) is 1.21. The highest BCUT2D eigenvalue weighted by Gasteiger charge is 2.07. The second-order valence-corrected chi connectivity index (χ2v) is 5.60. The van der Waals surface area contributed by atoms with Gasteiger partial charge in [0.05, 0.1) is 19.3 Å². The molecular weight excluding hydrogens is 252 g/mol. The number of rotatable bonds is 7. The van der Waals surface area contributed by atoms with Crippen LogP contribution in [-0.2, 0) is 26.7 Å². The van der Waals surface area contributed by atoms with Crippen LogP contribution in [0.3, 0.4) is 0 Å². The van der Waals surface area contributed by atoms with Gasteiger partial charge in [-0.25, -0.2) is 0 Å². The van der Waals surface area contributed by atoms with Gasteiger partial charge in [-0.1, -0.05) is 13.8 Å². The number of hydrogen-bond acceptors (Lipinski definition) is 4. The minimum atomic E-state index is 0.469. The van der Waals surface area contributed by atoms with Crippen molar-refractivity contribution in [3.05, 3.63) is 41.6 Å². The van der Waals surface area contributed by atoms with Gasteiger partial charge in [0.25, 0.3) is 0 Å². The number of hydrogen-bond donors (Lipinski definition) is 1. The Morgan fingerprint density at radius 3 is 2.70 bits per heavy atom. The standard InChI is InChI=1S/C15H24N4O/c1-12(2)16-8-14-5-6-15(20-14)11-18(3)9-13-7-17-19(4)10-13/h5-7,10,12,16H,8-9,11H2,1-4H3. The van der Waals surface area contributed by atoms with E-state index >= 15 is 0 Å². The smallest absolute Gasteiger partial charge is 0.118 e. The SMILES string of the molecule is CC(C)NCc1ccc(CN(C)Cc2cnn(C)c2)o1. The first-order chi connectivity index (χ1) is 9.52. The van der Waals surface area contributed by atoms with E-state index in [0.29, 0.717) is 6.04 Å². The Morgan fingerprint density at radius 1 is 1.30 bits per heavy atom. The molecule has 0 unspecified atom stereocenters. The summed E-state index contributed by atoms with van der Waals surface area (Å²) in [6, 6.07) is 4.57. The van der Waals surface area contributed by atoms with E-state index in [1.807, 2.05) is 30.2 Å². The monoisotopic (exact) mass is 276 g/mol. The van der Waals surface area contributed by atoms with Crippen LogP contribution in [0.2, 0.25) is 0 Å². The Kier molecular flexibility index (Phi) is 4.98. The fraction of sp³-hybridized carbons (Fsp3) is 0.533. The molecular formula is C15H24N4O. The van der Waals surface area contributed by atoms with Crippen LogP contribution in [0.15, 0.2) is 28.9 Å². The van der Waals surface area contributed by atoms with Crippen molar-refractivity contribution in [1.29, 1.82) is 0 Å². The van der Waals surface area contributed by atoms with Crippen LogP contribution in [0, 0.1) is 0 Å². The summed E-state index contributed by atoms with van der Waals surface area (Å²) in [6.45, 7) is 6.71. The van der Waals surface area contributed by atoms with Crippen molar-refractivity contribution in [2.24, 2.45) is 7.05 Å². The zero-order valence-corrected chi connectivity index (χ0v) is 12.8. The van der Waals surface area contributed by atoms with Crippen LogP contribution in [0.1, 0.15) is 30.9 Å². The Morgan fingerprint density at radius 2 is 2.05 bits per heavy atom. The second kappa shape index (κ2) is 6.72. The highest BCUT2D eigenvalue weighted by Crippen LogP contribution is 2.12. The summed E-state index contributed by atoms with van der Waals surface area (Å²) in [5, 5.41) is 7.53. The Bertz CT molecular complexity index is 529. The van der Waals surface area contributed by atoms with Crippen molar-refractivity contribution in [2.45, 2.75) is 39.5 Å². The summed E-state index contributed by atoms with van der Waals surface area (Å²) in [5.74, 6) is 1.99. The lowest BCUT2D eigenvalue weighted by molar-refractivity contribution is 0.282. The zero-order valence-electron chi connectivity index (χ0n) is 12.8. The van der Waals surface area contributed by atoms with Crippen LogP contribution in [-0.4, -0.2) is 27.8 Å². The van der Waals surface area contributed by atoms with Gasteiger partial charge in [0.1, 0.15) is 11.5 Å². The first-order valence-corrected chi connectivity index (χ1v) is 7.00. The van der Waals surface area contributed by atoms with Crippen molar-refractivity contribution in [3.63, 3.8) is 0 Å². The third-order valence-electron chi connectivity index (χ3n) is 3.04. The largest absolute Gasteiger partial charge is 0.463 e. The van der Waals surface area contributed by atoms with E-state index in [0.717, 1.165) is 31.2 Å². The third kappa shape index (κ3) is 4.51. The topological polar surface area (TPSA) is 46.2 Å². The van der Waals surface area contributed by atoms with Crippen molar-refractivity contribution >= 4 is 0 Å². The molecule has 5 heteroatoms. The maximum Gasteiger partial charge on any atom is 0.118 e. The predicted molar refractivity (Wildman–Crippen MR) is 79.1 cm³/mol. The fourth-order valence-corrected chi connectivity index (χ4v) is 2.09. The van der Waals surface area contributed by atoms with E-state index in [2.05, 4.69) is 42.3 Å². The van der Waals surface area contributed by atoms with Gasteiger partial charge in [-0.15, -0.1) is 0 Å². The molecule has 1 N–H and O–H groups in total. The van der Waals surface area contributed by atoms with Crippen molar-refractivity contribution < 1.29 is 4.42 Å². The van der Waals surface area contributed by atoms with Crippen molar-refractivity contribution in [1.82, 2.24) is 20.0 Å². The van der Waals surface area contributed by atoms with Crippen LogP contribution in [0.25, 0.3) is 0 Å². The Hall–Kier alpha value is -1.59. The number of nitrogens with zero attached hydrogens (tertiary/aromatic N) is 3. The minimum absolute atomic E-state index is 0.469. The molecule has 0 bridgehead atoms. The summed E-state index contributed by atoms with van der Waals surface area (Å²) >= 11 is 0. The molecule has 0 atom stereocenters. The molecule has 2 aromatic heterocycles. The Balaban J connectivity index is 1.83. The lowest BCUT2D eigenvalue weighted by atomic mass is 10.3. The molecule has 0 aliphatic rings. The van der Waals surface area contributed by atoms with Crippen LogP contribution < -0.4 is 5.32 Å². The lowest BCUT2D eigenvalue weighted by Gasteiger charge is -2.13. The van der Waals surface area contributed by atoms with Gasteiger partial charge in [-0.3, -0.25) is 9.58 Å². The molecule has 0 aromatic carbocycles. The van der Waals surface area contributed by atoms with E-state index in [9.17, 15) is 0 Å². The van der Waals surface area contributed by atoms with Gasteiger partial charge in [-0.05, 0) is 19.2 Å². The van der Waals surface area contributed by atoms with E-state index < -0.39 is 0 Å². The van der Waals surface area contributed by atoms with Crippen molar-refractivity contribution in [2.75, 3.05) is 7.05 Å². The average molecular weight is 276 g/mol. The van der Waals surface area contributed by atoms with Crippen LogP contribution >= 0.6 is 0 Å². The van der Waals surface area contributed by atoms with Gasteiger partial charge in [0.15, 0.2) is 0 Å². The summed E-state index contributed by atoms with van der Waals surface area (Å²) in [7, 11) is 4.02. The normalized spacial score (nSPS) is 11.7. The predicted octanol–water partition coefficient (Wildman–Crippen LogP) is 2.14. The first kappa shape index (κ1) is 14.8. The number of furan rings is 1. The lowest BCUT2D eigenvalue weighted by Crippen LogP contribution is -2.21. The summed E-state index contributed by atoms with van der Waals surface area (Å²) in [4.78, 5) is 2.22. The molecule has 2 aromatic rings. The van der Waals surface area contributed by atoms with E-state index in [1.54, 1.807) is 0 Å². The molecule has 2 rings (SSSR count). The molecule has 0 fully saturated rings. The molecule has 0 amide bonds. The number of nitrogens with one attached hydrogen (secondary N) is 1. The fourth-order valence-electron chi connectivity index (χ4n) is 2.09. The summed E-state index contributed by atoms with van der Waals surface area (Å²) in [6.07, 6.45) is 3.94. The minimum Gasteiger partial charge on any atom is -0.463 e. The van der Waals surface area contributed by atoms with Gasteiger partial charge >= 0.3 is 0 Å². The average Bonchev–Trinajstić information content (AvgIpc) is 2.96. The van der Waals surface area contributed by atoms with E-state index in [1.165, 1.54) is 5.56 Å². The van der Waals surface area contributed by atoms with Crippen LogP contribution in [0.5, 0.6) is 0 Å². The molecule has 0 saturated heterocycles. The zero-order chi connectivity index (χ0) is 14.5. The van der Waals surface area contributed by atoms with Crippen LogP contribution in [0.4, 0.5) is 0 Å². The summed E-state index contributed by atoms with van der Waals surface area (Å²) < 4.78 is 7.65. The maximum absolute atomic E-state index is 5.82. The van der Waals surface area contributed by atoms with E-state index in [-0.39, 0.29) is 0 Å². The molecule has 110 valence electrons. The highest BCUT2D eigenvalue weighted by atomic mass is 16.3. The molecule has 0 aliphatic carbocycles. The molecule has 0 spiro atoms. The Labute approximate surface area is 120 Å². The quantitative estimate of drug-likeness (QED) is 0.841. The molecule has 0 radical (unpaired) electrons. The third-order valence-corrected chi connectivity index (χ3v) is 3.04. The molecule has 2 heterocycles. The van der Waals surface area contributed by atoms with Gasteiger partial charge < -0.3 is 9.73 Å². The molecule has 0 aliphatic heterocycles. The number of aromatic nitrogens is 2. The second-order valence-electron chi connectivity index (χ2n) is 5.60. The first-order valence-electron chi connectivity index (χ1n) is 7.00. The van der Waals surface area contributed by atoms with Gasteiger partial charge in [-0.2, -0.15) is 5.10 Å². The molecule has 20 heavy (non-hydrogen) atoms. The molecule has 5 nitrogen and oxygen atoms in total. The van der Waals surface area contributed by atoms with Gasteiger partial charge in [0.2, 0.25) is 0 Å². The van der Waals surface area contributed by atoms with E-state index in [4.69, 9.17) is 4.42 Å². The maximum atomic E-state index is 5.82.